The maximum Gasteiger partial charge on any atom is 0.133 e. The molecule has 7 heteroatoms. The van der Waals surface area contributed by atoms with Crippen LogP contribution in [-0.2, 0) is 19.4 Å². The summed E-state index contributed by atoms with van der Waals surface area (Å²) < 4.78 is 15.2. The van der Waals surface area contributed by atoms with Crippen LogP contribution < -0.4 is 10.6 Å². The molecule has 1 atom stereocenters. The lowest BCUT2D eigenvalue weighted by Crippen LogP contribution is -2.14. The summed E-state index contributed by atoms with van der Waals surface area (Å²) in [6.07, 6.45) is 8.18. The van der Waals surface area contributed by atoms with Crippen LogP contribution in [0.15, 0.2) is 42.6 Å². The van der Waals surface area contributed by atoms with E-state index in [0.717, 1.165) is 73.7 Å². The highest BCUT2D eigenvalue weighted by Crippen LogP contribution is 2.36. The summed E-state index contributed by atoms with van der Waals surface area (Å²) in [5.41, 5.74) is 7.96. The van der Waals surface area contributed by atoms with Gasteiger partial charge in [-0.15, -0.1) is 0 Å². The van der Waals surface area contributed by atoms with E-state index in [1.165, 1.54) is 23.2 Å². The molecular weight excluding hydrogens is 451 g/mol. The van der Waals surface area contributed by atoms with Gasteiger partial charge in [-0.1, -0.05) is 31.2 Å². The van der Waals surface area contributed by atoms with E-state index in [1.807, 2.05) is 12.1 Å². The van der Waals surface area contributed by atoms with E-state index >= 15 is 4.39 Å². The first-order chi connectivity index (χ1) is 17.7. The second kappa shape index (κ2) is 9.99. The number of aryl methyl sites for hydroxylation is 2. The van der Waals surface area contributed by atoms with Crippen LogP contribution in [0.5, 0.6) is 0 Å². The smallest absolute Gasteiger partial charge is 0.133 e. The zero-order valence-electron chi connectivity index (χ0n) is 20.8. The maximum atomic E-state index is 15.2. The van der Waals surface area contributed by atoms with Gasteiger partial charge in [0, 0.05) is 16.8 Å². The van der Waals surface area contributed by atoms with Crippen LogP contribution in [0, 0.1) is 5.82 Å². The van der Waals surface area contributed by atoms with Gasteiger partial charge in [0.15, 0.2) is 0 Å². The molecule has 0 radical (unpaired) electrons. The first kappa shape index (κ1) is 23.1. The molecule has 1 fully saturated rings. The topological polar surface area (TPSA) is 81.4 Å². The number of hydrogen-bond acceptors (Lipinski definition) is 4. The molecule has 0 spiro atoms. The molecule has 186 valence electrons. The van der Waals surface area contributed by atoms with E-state index in [9.17, 15) is 0 Å². The van der Waals surface area contributed by atoms with E-state index in [1.54, 1.807) is 12.3 Å². The molecule has 6 nitrogen and oxygen atoms in total. The first-order valence-corrected chi connectivity index (χ1v) is 13.2. The molecule has 1 aliphatic carbocycles. The van der Waals surface area contributed by atoms with Crippen LogP contribution in [0.4, 0.5) is 4.39 Å². The zero-order valence-corrected chi connectivity index (χ0v) is 20.8. The molecule has 2 aromatic carbocycles. The number of nitrogens with one attached hydrogen (secondary N) is 4. The van der Waals surface area contributed by atoms with Gasteiger partial charge in [-0.3, -0.25) is 0 Å². The minimum absolute atomic E-state index is 0.248. The maximum absolute atomic E-state index is 15.2. The molecule has 2 aromatic heterocycles. The summed E-state index contributed by atoms with van der Waals surface area (Å²) in [6.45, 7) is 4.77. The van der Waals surface area contributed by atoms with Crippen molar-refractivity contribution in [2.24, 2.45) is 0 Å². The van der Waals surface area contributed by atoms with Crippen molar-refractivity contribution in [1.82, 2.24) is 30.6 Å². The summed E-state index contributed by atoms with van der Waals surface area (Å²) in [5.74, 6) is 1.63. The molecule has 1 aliphatic heterocycles. The van der Waals surface area contributed by atoms with Crippen molar-refractivity contribution < 1.29 is 4.39 Å². The third-order valence-electron chi connectivity index (χ3n) is 7.36. The summed E-state index contributed by atoms with van der Waals surface area (Å²) in [6, 6.07) is 12.3. The van der Waals surface area contributed by atoms with Crippen molar-refractivity contribution in [3.8, 4) is 33.6 Å². The fourth-order valence-corrected chi connectivity index (χ4v) is 5.47. The fraction of sp³-hybridized carbons (Fsp3) is 0.379. The third kappa shape index (κ3) is 4.49. The minimum atomic E-state index is -0.248. The van der Waals surface area contributed by atoms with Gasteiger partial charge in [-0.25, -0.2) is 14.4 Å². The Morgan fingerprint density at radius 3 is 2.69 bits per heavy atom. The Morgan fingerprint density at radius 1 is 1.03 bits per heavy atom. The van der Waals surface area contributed by atoms with Crippen LogP contribution in [0.1, 0.15) is 61.6 Å². The number of nitrogens with zero attached hydrogens (tertiary/aromatic N) is 2. The normalized spacial score (nSPS) is 17.1. The number of fused-ring (bicyclic) bond motifs is 3. The zero-order chi connectivity index (χ0) is 24.5. The van der Waals surface area contributed by atoms with Gasteiger partial charge in [0.25, 0.3) is 0 Å². The Balaban J connectivity index is 1.26. The van der Waals surface area contributed by atoms with Crippen LogP contribution in [0.25, 0.3) is 33.6 Å². The van der Waals surface area contributed by atoms with E-state index < -0.39 is 0 Å². The number of benzene rings is 2. The molecular formula is C29H33FN6. The highest BCUT2D eigenvalue weighted by molar-refractivity contribution is 5.75. The number of aromatic nitrogens is 4. The Hall–Kier alpha value is -3.29. The molecule has 0 unspecified atom stereocenters. The summed E-state index contributed by atoms with van der Waals surface area (Å²) >= 11 is 0. The SMILES string of the molecule is CCCNCc1ncc(-c2ccc(-c3ccc4c(c3)CCCc3[nH]c([C@@H]5CCCN5)nc3-4)cc2F)[nH]1. The average Bonchev–Trinajstić information content (AvgIpc) is 3.64. The molecule has 0 amide bonds. The predicted molar refractivity (Wildman–Crippen MR) is 141 cm³/mol. The lowest BCUT2D eigenvalue weighted by atomic mass is 9.95. The number of halogens is 1. The van der Waals surface area contributed by atoms with Gasteiger partial charge in [-0.2, -0.15) is 0 Å². The Labute approximate surface area is 211 Å². The summed E-state index contributed by atoms with van der Waals surface area (Å²) in [7, 11) is 0. The van der Waals surface area contributed by atoms with Crippen LogP contribution >= 0.6 is 0 Å². The van der Waals surface area contributed by atoms with Crippen LogP contribution in [-0.4, -0.2) is 33.0 Å². The molecule has 4 N–H and O–H groups in total. The van der Waals surface area contributed by atoms with E-state index in [4.69, 9.17) is 4.98 Å². The van der Waals surface area contributed by atoms with Gasteiger partial charge in [0.1, 0.15) is 17.5 Å². The van der Waals surface area contributed by atoms with Crippen LogP contribution in [0.3, 0.4) is 0 Å². The van der Waals surface area contributed by atoms with E-state index in [0.29, 0.717) is 23.8 Å². The van der Waals surface area contributed by atoms with Crippen LogP contribution in [0.2, 0.25) is 0 Å². The quantitative estimate of drug-likeness (QED) is 0.254. The summed E-state index contributed by atoms with van der Waals surface area (Å²) in [4.78, 5) is 16.3. The lowest BCUT2D eigenvalue weighted by molar-refractivity contribution is 0.610. The first-order valence-electron chi connectivity index (χ1n) is 13.2. The van der Waals surface area contributed by atoms with Crippen molar-refractivity contribution >= 4 is 0 Å². The van der Waals surface area contributed by atoms with Gasteiger partial charge < -0.3 is 20.6 Å². The van der Waals surface area contributed by atoms with E-state index in [2.05, 4.69) is 50.7 Å². The second-order valence-corrected chi connectivity index (χ2v) is 9.94. The lowest BCUT2D eigenvalue weighted by Gasteiger charge is -2.11. The molecule has 2 aliphatic rings. The highest BCUT2D eigenvalue weighted by atomic mass is 19.1. The molecule has 6 rings (SSSR count). The Morgan fingerprint density at radius 2 is 1.89 bits per heavy atom. The predicted octanol–water partition coefficient (Wildman–Crippen LogP) is 5.69. The minimum Gasteiger partial charge on any atom is -0.344 e. The Kier molecular flexibility index (Phi) is 6.42. The van der Waals surface area contributed by atoms with Gasteiger partial charge >= 0.3 is 0 Å². The number of aromatic amines is 2. The second-order valence-electron chi connectivity index (χ2n) is 9.94. The van der Waals surface area contributed by atoms with E-state index in [-0.39, 0.29) is 5.82 Å². The number of H-pyrrole nitrogens is 2. The fourth-order valence-electron chi connectivity index (χ4n) is 5.47. The highest BCUT2D eigenvalue weighted by Gasteiger charge is 2.24. The summed E-state index contributed by atoms with van der Waals surface area (Å²) in [5, 5.41) is 6.86. The number of rotatable bonds is 7. The molecule has 0 saturated carbocycles. The molecule has 36 heavy (non-hydrogen) atoms. The van der Waals surface area contributed by atoms with Crippen molar-refractivity contribution in [3.05, 3.63) is 71.3 Å². The molecule has 1 saturated heterocycles. The standard InChI is InChI=1S/C29H33FN6/c1-2-12-31-17-27-33-16-26(34-27)22-11-9-19(15-23(22)30)18-8-10-21-20(14-18)5-3-6-24-28(21)36-29(35-24)25-7-4-13-32-25/h8-11,14-16,25,31-32H,2-7,12-13,17H2,1H3,(H,33,34)(H,35,36)/t25-/m0/s1. The van der Waals surface area contributed by atoms with Crippen molar-refractivity contribution in [3.63, 3.8) is 0 Å². The molecule has 3 heterocycles. The monoisotopic (exact) mass is 484 g/mol. The molecule has 0 bridgehead atoms. The largest absolute Gasteiger partial charge is 0.344 e. The Bertz CT molecular complexity index is 1360. The number of imidazole rings is 2. The number of hydrogen-bond donors (Lipinski definition) is 4. The van der Waals surface area contributed by atoms with Gasteiger partial charge in [0.2, 0.25) is 0 Å². The van der Waals surface area contributed by atoms with Gasteiger partial charge in [0.05, 0.1) is 30.2 Å². The third-order valence-corrected chi connectivity index (χ3v) is 7.36. The average molecular weight is 485 g/mol. The van der Waals surface area contributed by atoms with Crippen molar-refractivity contribution in [1.29, 1.82) is 0 Å². The van der Waals surface area contributed by atoms with Gasteiger partial charge in [-0.05, 0) is 80.4 Å². The molecule has 4 aromatic rings. The van der Waals surface area contributed by atoms with Crippen molar-refractivity contribution in [2.45, 2.75) is 58.0 Å². The van der Waals surface area contributed by atoms with Crippen molar-refractivity contribution in [2.75, 3.05) is 13.1 Å².